The van der Waals surface area contributed by atoms with Gasteiger partial charge in [0.15, 0.2) is 6.61 Å². The molecule has 190 valence electrons. The first-order chi connectivity index (χ1) is 17.3. The van der Waals surface area contributed by atoms with Crippen LogP contribution in [0.1, 0.15) is 49.0 Å². The predicted molar refractivity (Wildman–Crippen MR) is 135 cm³/mol. The summed E-state index contributed by atoms with van der Waals surface area (Å²) in [6.07, 6.45) is 5.05. The number of ether oxygens (including phenoxy) is 1. The van der Waals surface area contributed by atoms with Crippen LogP contribution in [0.2, 0.25) is 0 Å². The van der Waals surface area contributed by atoms with E-state index < -0.39 is 30.3 Å². The molecular formula is C28H32FN3O4. The Bertz CT molecular complexity index is 1220. The number of aromatic nitrogens is 1. The molecule has 36 heavy (non-hydrogen) atoms. The summed E-state index contributed by atoms with van der Waals surface area (Å²) in [6, 6.07) is 11.7. The van der Waals surface area contributed by atoms with E-state index in [2.05, 4.69) is 29.5 Å². The number of nitrogens with one attached hydrogen (secondary N) is 3. The Balaban J connectivity index is 1.44. The molecule has 0 bridgehead atoms. The van der Waals surface area contributed by atoms with Gasteiger partial charge in [0.05, 0.1) is 0 Å². The smallest absolute Gasteiger partial charge is 0.329 e. The number of benzene rings is 2. The molecule has 1 aliphatic carbocycles. The molecule has 0 saturated heterocycles. The monoisotopic (exact) mass is 493 g/mol. The fraction of sp³-hybridized carbons (Fsp3) is 0.393. The highest BCUT2D eigenvalue weighted by Gasteiger charge is 2.29. The van der Waals surface area contributed by atoms with E-state index in [4.69, 9.17) is 4.74 Å². The first-order valence-electron chi connectivity index (χ1n) is 12.4. The van der Waals surface area contributed by atoms with Crippen LogP contribution in [0.25, 0.3) is 10.9 Å². The first-order valence-corrected chi connectivity index (χ1v) is 12.4. The summed E-state index contributed by atoms with van der Waals surface area (Å²) in [5, 5.41) is 6.60. The minimum Gasteiger partial charge on any atom is -0.454 e. The quantitative estimate of drug-likeness (QED) is 0.411. The number of amides is 2. The number of carbonyl (C=O) groups excluding carboxylic acids is 3. The van der Waals surface area contributed by atoms with Gasteiger partial charge in [0.2, 0.25) is 0 Å². The number of H-pyrrole nitrogens is 1. The van der Waals surface area contributed by atoms with Crippen molar-refractivity contribution in [2.45, 2.75) is 51.6 Å². The van der Waals surface area contributed by atoms with Gasteiger partial charge in [-0.15, -0.1) is 0 Å². The third-order valence-electron chi connectivity index (χ3n) is 7.19. The highest BCUT2D eigenvalue weighted by Crippen LogP contribution is 2.29. The highest BCUT2D eigenvalue weighted by atomic mass is 19.1. The van der Waals surface area contributed by atoms with Crippen molar-refractivity contribution in [3.05, 3.63) is 71.7 Å². The standard InChI is InChI=1S/C28H32FN3O4/c1-17-6-5-9-23(18(17)2)31-26(33)16-36-28(35)25(32-27(34)19-10-12-21(29)13-11-19)14-20-15-30-24-8-4-3-7-22(20)24/h3-4,7-8,10-13,15,17-18,23,25,30H,5-6,9,14,16H2,1-2H3,(H,31,33)(H,32,34). The van der Waals surface area contributed by atoms with Gasteiger partial charge in [-0.3, -0.25) is 9.59 Å². The summed E-state index contributed by atoms with van der Waals surface area (Å²) in [5.74, 6) is -1.20. The van der Waals surface area contributed by atoms with Crippen molar-refractivity contribution < 1.29 is 23.5 Å². The van der Waals surface area contributed by atoms with Gasteiger partial charge in [-0.25, -0.2) is 9.18 Å². The molecule has 3 aromatic rings. The molecule has 0 spiro atoms. The number of hydrogen-bond donors (Lipinski definition) is 3. The summed E-state index contributed by atoms with van der Waals surface area (Å²) in [4.78, 5) is 41.6. The topological polar surface area (TPSA) is 100 Å². The summed E-state index contributed by atoms with van der Waals surface area (Å²) < 4.78 is 18.6. The average molecular weight is 494 g/mol. The fourth-order valence-electron chi connectivity index (χ4n) is 4.83. The Morgan fingerprint density at radius 1 is 1.08 bits per heavy atom. The second-order valence-electron chi connectivity index (χ2n) is 9.65. The first kappa shape index (κ1) is 25.4. The van der Waals surface area contributed by atoms with Gasteiger partial charge in [0.1, 0.15) is 11.9 Å². The van der Waals surface area contributed by atoms with Crippen molar-refractivity contribution in [2.75, 3.05) is 6.61 Å². The molecule has 4 unspecified atom stereocenters. The fourth-order valence-corrected chi connectivity index (χ4v) is 4.83. The largest absolute Gasteiger partial charge is 0.454 e. The van der Waals surface area contributed by atoms with Gasteiger partial charge in [0, 0.05) is 35.1 Å². The van der Waals surface area contributed by atoms with Crippen LogP contribution in [0, 0.1) is 17.7 Å². The summed E-state index contributed by atoms with van der Waals surface area (Å²) in [7, 11) is 0. The van der Waals surface area contributed by atoms with E-state index in [0.717, 1.165) is 35.7 Å². The zero-order chi connectivity index (χ0) is 25.7. The molecule has 0 radical (unpaired) electrons. The second kappa shape index (κ2) is 11.4. The Morgan fingerprint density at radius 3 is 2.61 bits per heavy atom. The maximum atomic E-state index is 13.3. The molecule has 4 atom stereocenters. The van der Waals surface area contributed by atoms with E-state index in [-0.39, 0.29) is 23.9 Å². The van der Waals surface area contributed by atoms with Crippen LogP contribution < -0.4 is 10.6 Å². The van der Waals surface area contributed by atoms with E-state index in [9.17, 15) is 18.8 Å². The zero-order valence-electron chi connectivity index (χ0n) is 20.6. The molecule has 8 heteroatoms. The third kappa shape index (κ3) is 6.11. The van der Waals surface area contributed by atoms with E-state index in [0.29, 0.717) is 11.8 Å². The van der Waals surface area contributed by atoms with Crippen molar-refractivity contribution in [1.82, 2.24) is 15.6 Å². The van der Waals surface area contributed by atoms with Gasteiger partial charge in [0.25, 0.3) is 11.8 Å². The van der Waals surface area contributed by atoms with E-state index >= 15 is 0 Å². The molecule has 1 saturated carbocycles. The summed E-state index contributed by atoms with van der Waals surface area (Å²) >= 11 is 0. The highest BCUT2D eigenvalue weighted by molar-refractivity contribution is 5.97. The Labute approximate surface area is 209 Å². The van der Waals surface area contributed by atoms with Crippen LogP contribution in [0.5, 0.6) is 0 Å². The van der Waals surface area contributed by atoms with E-state index in [1.54, 1.807) is 6.20 Å². The van der Waals surface area contributed by atoms with Crippen molar-refractivity contribution >= 4 is 28.7 Å². The molecule has 1 heterocycles. The second-order valence-corrected chi connectivity index (χ2v) is 9.65. The Morgan fingerprint density at radius 2 is 1.83 bits per heavy atom. The Kier molecular flexibility index (Phi) is 8.03. The number of carbonyl (C=O) groups is 3. The maximum Gasteiger partial charge on any atom is 0.329 e. The number of rotatable bonds is 8. The summed E-state index contributed by atoms with van der Waals surface area (Å²) in [6.45, 7) is 3.89. The van der Waals surface area contributed by atoms with Gasteiger partial charge < -0.3 is 20.4 Å². The molecular weight excluding hydrogens is 461 g/mol. The van der Waals surface area contributed by atoms with Crippen LogP contribution in [-0.2, 0) is 20.7 Å². The van der Waals surface area contributed by atoms with Gasteiger partial charge in [-0.05, 0) is 54.2 Å². The Hall–Kier alpha value is -3.68. The SMILES string of the molecule is CC1CCCC(NC(=O)COC(=O)C(Cc2c[nH]c3ccccc23)NC(=O)c2ccc(F)cc2)C1C. The van der Waals surface area contributed by atoms with Gasteiger partial charge >= 0.3 is 5.97 Å². The molecule has 1 fully saturated rings. The number of esters is 1. The predicted octanol–water partition coefficient (Wildman–Crippen LogP) is 4.13. The third-order valence-corrected chi connectivity index (χ3v) is 7.19. The van der Waals surface area contributed by atoms with Crippen molar-refractivity contribution in [3.63, 3.8) is 0 Å². The van der Waals surface area contributed by atoms with Crippen LogP contribution in [0.4, 0.5) is 4.39 Å². The number of aromatic amines is 1. The van der Waals surface area contributed by atoms with E-state index in [1.165, 1.54) is 24.3 Å². The number of hydrogen-bond acceptors (Lipinski definition) is 4. The van der Waals surface area contributed by atoms with Crippen LogP contribution in [-0.4, -0.2) is 41.5 Å². The minimum absolute atomic E-state index is 0.0557. The van der Waals surface area contributed by atoms with Crippen LogP contribution in [0.15, 0.2) is 54.7 Å². The lowest BCUT2D eigenvalue weighted by molar-refractivity contribution is -0.150. The molecule has 1 aromatic heterocycles. The molecule has 0 aliphatic heterocycles. The minimum atomic E-state index is -1.04. The average Bonchev–Trinajstić information content (AvgIpc) is 3.28. The van der Waals surface area contributed by atoms with Gasteiger partial charge in [-0.1, -0.05) is 44.9 Å². The van der Waals surface area contributed by atoms with Crippen molar-refractivity contribution in [3.8, 4) is 0 Å². The van der Waals surface area contributed by atoms with Crippen LogP contribution >= 0.6 is 0 Å². The lowest BCUT2D eigenvalue weighted by atomic mass is 9.78. The molecule has 7 nitrogen and oxygen atoms in total. The number of para-hydroxylation sites is 1. The molecule has 4 rings (SSSR count). The molecule has 2 aromatic carbocycles. The molecule has 2 amide bonds. The molecule has 1 aliphatic rings. The van der Waals surface area contributed by atoms with Crippen molar-refractivity contribution in [1.29, 1.82) is 0 Å². The van der Waals surface area contributed by atoms with Crippen LogP contribution in [0.3, 0.4) is 0 Å². The number of fused-ring (bicyclic) bond motifs is 1. The molecule has 3 N–H and O–H groups in total. The lowest BCUT2D eigenvalue weighted by Crippen LogP contribution is -2.47. The van der Waals surface area contributed by atoms with E-state index in [1.807, 2.05) is 24.3 Å². The number of halogens is 1. The van der Waals surface area contributed by atoms with Gasteiger partial charge in [-0.2, -0.15) is 0 Å². The lowest BCUT2D eigenvalue weighted by Gasteiger charge is -2.34. The summed E-state index contributed by atoms with van der Waals surface area (Å²) in [5.41, 5.74) is 1.94. The van der Waals surface area contributed by atoms with Crippen molar-refractivity contribution in [2.24, 2.45) is 11.8 Å². The maximum absolute atomic E-state index is 13.3. The normalized spacial score (nSPS) is 20.5. The zero-order valence-corrected chi connectivity index (χ0v) is 20.6.